The monoisotopic (exact) mass is 346 g/mol. The molecule has 126 valence electrons. The van der Waals surface area contributed by atoms with E-state index in [1.165, 1.54) is 7.11 Å². The van der Waals surface area contributed by atoms with Crippen LogP contribution in [0.25, 0.3) is 0 Å². The van der Waals surface area contributed by atoms with Gasteiger partial charge in [0, 0.05) is 17.8 Å². The molecule has 2 aromatic rings. The molecule has 1 atom stereocenters. The molecule has 2 N–H and O–H groups in total. The fourth-order valence-electron chi connectivity index (χ4n) is 2.93. The second-order valence-corrected chi connectivity index (χ2v) is 6.05. The largest absolute Gasteiger partial charge is 0.503 e. The number of hydrogen-bond donors (Lipinski definition) is 2. The Balaban J connectivity index is 2.09. The first kappa shape index (κ1) is 16.5. The van der Waals surface area contributed by atoms with Crippen molar-refractivity contribution in [2.75, 3.05) is 19.0 Å². The highest BCUT2D eigenvalue weighted by Gasteiger charge is 2.33. The van der Waals surface area contributed by atoms with Crippen LogP contribution in [0.5, 0.6) is 11.5 Å². The minimum absolute atomic E-state index is 0.0284. The number of amides is 1. The molecule has 1 amide bonds. The molecule has 1 heterocycles. The Morgan fingerprint density at radius 3 is 2.79 bits per heavy atom. The molecule has 0 saturated heterocycles. The number of benzene rings is 2. The summed E-state index contributed by atoms with van der Waals surface area (Å²) in [5.41, 5.74) is 2.19. The van der Waals surface area contributed by atoms with Crippen LogP contribution in [-0.2, 0) is 0 Å². The fraction of sp³-hybridized carbons (Fsp3) is 0.278. The lowest BCUT2D eigenvalue weighted by molar-refractivity contribution is 0.0683. The summed E-state index contributed by atoms with van der Waals surface area (Å²) >= 11 is 6.12. The molecule has 0 aliphatic carbocycles. The van der Waals surface area contributed by atoms with E-state index >= 15 is 0 Å². The van der Waals surface area contributed by atoms with Gasteiger partial charge in [0.2, 0.25) is 0 Å². The number of halogens is 1. The Morgan fingerprint density at radius 2 is 2.08 bits per heavy atom. The van der Waals surface area contributed by atoms with Gasteiger partial charge in [0.05, 0.1) is 17.7 Å². The van der Waals surface area contributed by atoms with Crippen LogP contribution in [0, 0.1) is 0 Å². The number of fused-ring (bicyclic) bond motifs is 1. The van der Waals surface area contributed by atoms with Crippen LogP contribution in [0.2, 0.25) is 5.02 Å². The number of anilines is 1. The maximum absolute atomic E-state index is 12.9. The van der Waals surface area contributed by atoms with Crippen molar-refractivity contribution in [2.24, 2.45) is 0 Å². The molecule has 5 nitrogen and oxygen atoms in total. The number of phenolic OH excluding ortho intramolecular Hbond substituents is 1. The third-order valence-electron chi connectivity index (χ3n) is 4.07. The molecule has 6 heteroatoms. The number of carbonyl (C=O) groups excluding carboxylic acids is 1. The number of carbonyl (C=O) groups is 1. The van der Waals surface area contributed by atoms with E-state index in [0.29, 0.717) is 12.1 Å². The van der Waals surface area contributed by atoms with Gasteiger partial charge in [-0.1, -0.05) is 30.7 Å². The van der Waals surface area contributed by atoms with Crippen LogP contribution in [0.4, 0.5) is 5.69 Å². The van der Waals surface area contributed by atoms with E-state index in [1.54, 1.807) is 17.0 Å². The van der Waals surface area contributed by atoms with Gasteiger partial charge in [-0.25, -0.2) is 0 Å². The SMILES string of the molecule is CCCN1C(=O)c2ccccc2N[C@@H]1c1cc(Cl)c(O)c(OC)c1. The summed E-state index contributed by atoms with van der Waals surface area (Å²) in [5, 5.41) is 13.5. The highest BCUT2D eigenvalue weighted by molar-refractivity contribution is 6.32. The van der Waals surface area contributed by atoms with Gasteiger partial charge in [0.1, 0.15) is 6.17 Å². The maximum Gasteiger partial charge on any atom is 0.257 e. The molecule has 0 fully saturated rings. The summed E-state index contributed by atoms with van der Waals surface area (Å²) in [6, 6.07) is 10.8. The van der Waals surface area contributed by atoms with Gasteiger partial charge in [0.25, 0.3) is 5.91 Å². The summed E-state index contributed by atoms with van der Waals surface area (Å²) in [6.07, 6.45) is 0.453. The summed E-state index contributed by atoms with van der Waals surface area (Å²) in [5.74, 6) is 0.147. The summed E-state index contributed by atoms with van der Waals surface area (Å²) < 4.78 is 5.18. The minimum atomic E-state index is -0.376. The predicted octanol–water partition coefficient (Wildman–Crippen LogP) is 4.03. The minimum Gasteiger partial charge on any atom is -0.503 e. The molecular formula is C18H19ClN2O3. The second-order valence-electron chi connectivity index (χ2n) is 5.64. The first-order valence-corrected chi connectivity index (χ1v) is 8.17. The van der Waals surface area contributed by atoms with E-state index in [0.717, 1.165) is 17.7 Å². The van der Waals surface area contributed by atoms with E-state index in [-0.39, 0.29) is 28.6 Å². The number of methoxy groups -OCH3 is 1. The molecule has 0 aromatic heterocycles. The van der Waals surface area contributed by atoms with E-state index < -0.39 is 0 Å². The highest BCUT2D eigenvalue weighted by Crippen LogP contribution is 2.40. The molecule has 3 rings (SSSR count). The molecule has 1 aliphatic heterocycles. The average molecular weight is 347 g/mol. The fourth-order valence-corrected chi connectivity index (χ4v) is 3.15. The number of phenols is 1. The molecule has 0 spiro atoms. The Labute approximate surface area is 145 Å². The third-order valence-corrected chi connectivity index (χ3v) is 4.36. The maximum atomic E-state index is 12.9. The van der Waals surface area contributed by atoms with E-state index in [1.807, 2.05) is 31.2 Å². The predicted molar refractivity (Wildman–Crippen MR) is 93.8 cm³/mol. The van der Waals surface area contributed by atoms with Crippen molar-refractivity contribution in [3.05, 3.63) is 52.5 Å². The third kappa shape index (κ3) is 2.76. The number of aromatic hydroxyl groups is 1. The Morgan fingerprint density at radius 1 is 1.33 bits per heavy atom. The average Bonchev–Trinajstić information content (AvgIpc) is 2.59. The number of nitrogens with one attached hydrogen (secondary N) is 1. The van der Waals surface area contributed by atoms with Crippen molar-refractivity contribution in [1.82, 2.24) is 4.90 Å². The number of rotatable bonds is 4. The van der Waals surface area contributed by atoms with Crippen LogP contribution in [0.3, 0.4) is 0 Å². The van der Waals surface area contributed by atoms with Crippen LogP contribution >= 0.6 is 11.6 Å². The lowest BCUT2D eigenvalue weighted by Gasteiger charge is -2.38. The zero-order chi connectivity index (χ0) is 17.3. The lowest BCUT2D eigenvalue weighted by atomic mass is 10.0. The van der Waals surface area contributed by atoms with Crippen molar-refractivity contribution in [1.29, 1.82) is 0 Å². The standard InChI is InChI=1S/C18H19ClN2O3/c1-3-8-21-17(11-9-13(19)16(22)15(10-11)24-2)20-14-7-5-4-6-12(14)18(21)23/h4-7,9-10,17,20,22H,3,8H2,1-2H3/t17-/m0/s1. The van der Waals surface area contributed by atoms with E-state index in [9.17, 15) is 9.90 Å². The van der Waals surface area contributed by atoms with Gasteiger partial charge < -0.3 is 20.1 Å². The van der Waals surface area contributed by atoms with Crippen molar-refractivity contribution in [2.45, 2.75) is 19.5 Å². The molecule has 2 aromatic carbocycles. The molecule has 0 bridgehead atoms. The number of ether oxygens (including phenoxy) is 1. The van der Waals surface area contributed by atoms with Crippen LogP contribution in [0.1, 0.15) is 35.4 Å². The zero-order valence-corrected chi connectivity index (χ0v) is 14.3. The first-order valence-electron chi connectivity index (χ1n) is 7.79. The van der Waals surface area contributed by atoms with Crippen LogP contribution < -0.4 is 10.1 Å². The van der Waals surface area contributed by atoms with Crippen molar-refractivity contribution in [3.63, 3.8) is 0 Å². The smallest absolute Gasteiger partial charge is 0.257 e. The van der Waals surface area contributed by atoms with Crippen molar-refractivity contribution >= 4 is 23.2 Å². The number of nitrogens with zero attached hydrogens (tertiary/aromatic N) is 1. The van der Waals surface area contributed by atoms with Crippen LogP contribution in [0.15, 0.2) is 36.4 Å². The normalized spacial score (nSPS) is 16.5. The highest BCUT2D eigenvalue weighted by atomic mass is 35.5. The van der Waals surface area contributed by atoms with E-state index in [2.05, 4.69) is 5.32 Å². The number of para-hydroxylation sites is 1. The Hall–Kier alpha value is -2.40. The topological polar surface area (TPSA) is 61.8 Å². The summed E-state index contributed by atoms with van der Waals surface area (Å²) in [4.78, 5) is 14.6. The second kappa shape index (κ2) is 6.61. The lowest BCUT2D eigenvalue weighted by Crippen LogP contribution is -2.43. The zero-order valence-electron chi connectivity index (χ0n) is 13.5. The van der Waals surface area contributed by atoms with Gasteiger partial charge in [0.15, 0.2) is 11.5 Å². The van der Waals surface area contributed by atoms with E-state index in [4.69, 9.17) is 16.3 Å². The molecule has 1 aliphatic rings. The van der Waals surface area contributed by atoms with Crippen molar-refractivity contribution in [3.8, 4) is 11.5 Å². The van der Waals surface area contributed by atoms with Gasteiger partial charge in [-0.2, -0.15) is 0 Å². The van der Waals surface area contributed by atoms with Gasteiger partial charge >= 0.3 is 0 Å². The molecule has 0 unspecified atom stereocenters. The summed E-state index contributed by atoms with van der Waals surface area (Å²) in [6.45, 7) is 2.63. The van der Waals surface area contributed by atoms with Gasteiger partial charge in [-0.3, -0.25) is 4.79 Å². The van der Waals surface area contributed by atoms with Gasteiger partial charge in [-0.15, -0.1) is 0 Å². The molecule has 0 saturated carbocycles. The molecule has 24 heavy (non-hydrogen) atoms. The quantitative estimate of drug-likeness (QED) is 0.877. The van der Waals surface area contributed by atoms with Gasteiger partial charge in [-0.05, 0) is 30.7 Å². The molecule has 0 radical (unpaired) electrons. The molecular weight excluding hydrogens is 328 g/mol. The Bertz CT molecular complexity index is 779. The first-order chi connectivity index (χ1) is 11.6. The number of hydrogen-bond acceptors (Lipinski definition) is 4. The Kier molecular flexibility index (Phi) is 4.53. The van der Waals surface area contributed by atoms with Crippen molar-refractivity contribution < 1.29 is 14.6 Å². The van der Waals surface area contributed by atoms with Crippen LogP contribution in [-0.4, -0.2) is 29.6 Å². The summed E-state index contributed by atoms with van der Waals surface area (Å²) in [7, 11) is 1.47.